The average Bonchev–Trinajstić information content (AvgIpc) is 2.73. The molecule has 0 unspecified atom stereocenters. The van der Waals surface area contributed by atoms with Crippen molar-refractivity contribution in [1.29, 1.82) is 0 Å². The number of rotatable bonds is 8. The van der Waals surface area contributed by atoms with Crippen molar-refractivity contribution in [3.63, 3.8) is 0 Å². The Morgan fingerprint density at radius 3 is 1.79 bits per heavy atom. The Hall–Kier alpha value is -1.42. The predicted octanol–water partition coefficient (Wildman–Crippen LogP) is 5.69. The SMILES string of the molecule is CCOC1(CCO[Si](c2ccccc2)(c2ccccc2)C(C)(C)C)CCCCC1. The van der Waals surface area contributed by atoms with Crippen molar-refractivity contribution in [2.75, 3.05) is 13.2 Å². The lowest BCUT2D eigenvalue weighted by Crippen LogP contribution is -2.66. The molecule has 2 aromatic carbocycles. The highest BCUT2D eigenvalue weighted by atomic mass is 28.4. The fourth-order valence-electron chi connectivity index (χ4n) is 5.12. The van der Waals surface area contributed by atoms with Gasteiger partial charge in [-0.25, -0.2) is 0 Å². The zero-order valence-corrected chi connectivity index (χ0v) is 19.7. The number of benzene rings is 2. The third-order valence-electron chi connectivity index (χ3n) is 6.51. The van der Waals surface area contributed by atoms with Gasteiger partial charge in [-0.3, -0.25) is 0 Å². The van der Waals surface area contributed by atoms with E-state index in [0.717, 1.165) is 19.6 Å². The second-order valence-corrected chi connectivity index (χ2v) is 13.7. The lowest BCUT2D eigenvalue weighted by Gasteiger charge is -2.44. The molecule has 2 aromatic rings. The molecule has 0 radical (unpaired) electrons. The largest absolute Gasteiger partial charge is 0.407 e. The smallest absolute Gasteiger partial charge is 0.261 e. The van der Waals surface area contributed by atoms with Gasteiger partial charge in [0, 0.05) is 13.2 Å². The van der Waals surface area contributed by atoms with Crippen LogP contribution in [0.2, 0.25) is 5.04 Å². The summed E-state index contributed by atoms with van der Waals surface area (Å²) >= 11 is 0. The van der Waals surface area contributed by atoms with Gasteiger partial charge >= 0.3 is 0 Å². The van der Waals surface area contributed by atoms with Crippen LogP contribution < -0.4 is 10.4 Å². The molecule has 3 rings (SSSR count). The fraction of sp³-hybridized carbons (Fsp3) is 0.538. The van der Waals surface area contributed by atoms with E-state index in [1.165, 1.54) is 42.5 Å². The summed E-state index contributed by atoms with van der Waals surface area (Å²) in [6, 6.07) is 21.9. The first kappa shape index (κ1) is 22.3. The van der Waals surface area contributed by atoms with Gasteiger partial charge < -0.3 is 9.16 Å². The summed E-state index contributed by atoms with van der Waals surface area (Å²) in [5, 5.41) is 2.74. The minimum absolute atomic E-state index is 0.0123. The van der Waals surface area contributed by atoms with Crippen LogP contribution in [0.15, 0.2) is 60.7 Å². The molecule has 3 heteroatoms. The van der Waals surface area contributed by atoms with E-state index in [4.69, 9.17) is 9.16 Å². The topological polar surface area (TPSA) is 18.5 Å². The van der Waals surface area contributed by atoms with Crippen LogP contribution in [0.3, 0.4) is 0 Å². The highest BCUT2D eigenvalue weighted by molar-refractivity contribution is 6.99. The number of ether oxygens (including phenoxy) is 1. The molecule has 0 aromatic heterocycles. The van der Waals surface area contributed by atoms with Crippen LogP contribution in [0.5, 0.6) is 0 Å². The van der Waals surface area contributed by atoms with E-state index in [0.29, 0.717) is 0 Å². The quantitative estimate of drug-likeness (QED) is 0.520. The van der Waals surface area contributed by atoms with Crippen LogP contribution in [0, 0.1) is 0 Å². The van der Waals surface area contributed by atoms with Crippen molar-refractivity contribution >= 4 is 18.7 Å². The molecule has 1 saturated carbocycles. The summed E-state index contributed by atoms with van der Waals surface area (Å²) in [4.78, 5) is 0. The second kappa shape index (κ2) is 9.59. The Kier molecular flexibility index (Phi) is 7.36. The van der Waals surface area contributed by atoms with Gasteiger partial charge in [-0.05, 0) is 41.6 Å². The van der Waals surface area contributed by atoms with Gasteiger partial charge in [-0.15, -0.1) is 0 Å². The Morgan fingerprint density at radius 2 is 1.34 bits per heavy atom. The standard InChI is InChI=1S/C26H38O2Si/c1-5-27-26(19-13-8-14-20-26)21-22-28-29(25(2,3)4,23-15-9-6-10-16-23)24-17-11-7-12-18-24/h6-7,9-12,15-18H,5,8,13-14,19-22H2,1-4H3. The highest BCUT2D eigenvalue weighted by Gasteiger charge is 2.50. The molecule has 0 heterocycles. The van der Waals surface area contributed by atoms with Crippen LogP contribution >= 0.6 is 0 Å². The maximum atomic E-state index is 7.10. The summed E-state index contributed by atoms with van der Waals surface area (Å²) in [6.07, 6.45) is 7.23. The van der Waals surface area contributed by atoms with E-state index in [1.807, 2.05) is 0 Å². The van der Waals surface area contributed by atoms with Gasteiger partial charge in [-0.1, -0.05) is 101 Å². The Labute approximate surface area is 178 Å². The zero-order valence-electron chi connectivity index (χ0n) is 18.7. The van der Waals surface area contributed by atoms with Crippen molar-refractivity contribution in [2.24, 2.45) is 0 Å². The van der Waals surface area contributed by atoms with Crippen LogP contribution in [-0.4, -0.2) is 27.1 Å². The molecule has 0 atom stereocenters. The van der Waals surface area contributed by atoms with Crippen LogP contribution in [0.1, 0.15) is 66.2 Å². The van der Waals surface area contributed by atoms with E-state index in [9.17, 15) is 0 Å². The van der Waals surface area contributed by atoms with Crippen LogP contribution in [-0.2, 0) is 9.16 Å². The average molecular weight is 411 g/mol. The lowest BCUT2D eigenvalue weighted by atomic mass is 9.82. The lowest BCUT2D eigenvalue weighted by molar-refractivity contribution is -0.0766. The predicted molar refractivity (Wildman–Crippen MR) is 126 cm³/mol. The van der Waals surface area contributed by atoms with Crippen molar-refractivity contribution < 1.29 is 9.16 Å². The molecule has 0 bridgehead atoms. The highest BCUT2D eigenvalue weighted by Crippen LogP contribution is 2.39. The van der Waals surface area contributed by atoms with Crippen LogP contribution in [0.25, 0.3) is 0 Å². The molecule has 0 saturated heterocycles. The molecule has 2 nitrogen and oxygen atoms in total. The van der Waals surface area contributed by atoms with Gasteiger partial charge in [0.2, 0.25) is 0 Å². The monoisotopic (exact) mass is 410 g/mol. The first-order valence-corrected chi connectivity index (χ1v) is 13.2. The van der Waals surface area contributed by atoms with E-state index in [-0.39, 0.29) is 10.6 Å². The van der Waals surface area contributed by atoms with Gasteiger partial charge in [-0.2, -0.15) is 0 Å². The Bertz CT molecular complexity index is 685. The number of hydrogen-bond acceptors (Lipinski definition) is 2. The molecule has 0 amide bonds. The van der Waals surface area contributed by atoms with Gasteiger partial charge in [0.1, 0.15) is 0 Å². The molecular formula is C26H38O2Si. The maximum absolute atomic E-state index is 7.10. The van der Waals surface area contributed by atoms with E-state index in [1.54, 1.807) is 0 Å². The summed E-state index contributed by atoms with van der Waals surface area (Å²) < 4.78 is 13.4. The summed E-state index contributed by atoms with van der Waals surface area (Å²) in [7, 11) is -2.45. The first-order chi connectivity index (χ1) is 13.9. The molecule has 0 aliphatic heterocycles. The van der Waals surface area contributed by atoms with Gasteiger partial charge in [0.15, 0.2) is 0 Å². The normalized spacial score (nSPS) is 17.2. The molecule has 1 fully saturated rings. The Morgan fingerprint density at radius 1 is 0.828 bits per heavy atom. The van der Waals surface area contributed by atoms with Crippen molar-refractivity contribution in [3.8, 4) is 0 Å². The Balaban J connectivity index is 1.93. The van der Waals surface area contributed by atoms with Crippen molar-refractivity contribution in [3.05, 3.63) is 60.7 Å². The minimum Gasteiger partial charge on any atom is -0.407 e. The minimum atomic E-state index is -2.45. The third kappa shape index (κ3) is 4.84. The van der Waals surface area contributed by atoms with Gasteiger partial charge in [0.05, 0.1) is 5.60 Å². The van der Waals surface area contributed by atoms with Crippen molar-refractivity contribution in [1.82, 2.24) is 0 Å². The molecule has 29 heavy (non-hydrogen) atoms. The fourth-order valence-corrected chi connectivity index (χ4v) is 9.68. The molecular weight excluding hydrogens is 372 g/mol. The maximum Gasteiger partial charge on any atom is 0.261 e. The van der Waals surface area contributed by atoms with E-state index in [2.05, 4.69) is 88.4 Å². The summed E-state index contributed by atoms with van der Waals surface area (Å²) in [5.74, 6) is 0. The summed E-state index contributed by atoms with van der Waals surface area (Å²) in [5.41, 5.74) is 0.0123. The van der Waals surface area contributed by atoms with Crippen molar-refractivity contribution in [2.45, 2.75) is 76.9 Å². The van der Waals surface area contributed by atoms with Gasteiger partial charge in [0.25, 0.3) is 8.32 Å². The third-order valence-corrected chi connectivity index (χ3v) is 11.6. The van der Waals surface area contributed by atoms with E-state index < -0.39 is 8.32 Å². The molecule has 158 valence electrons. The second-order valence-electron chi connectivity index (χ2n) is 9.44. The van der Waals surface area contributed by atoms with Crippen LogP contribution in [0.4, 0.5) is 0 Å². The first-order valence-electron chi connectivity index (χ1n) is 11.3. The zero-order chi connectivity index (χ0) is 20.8. The summed E-state index contributed by atoms with van der Waals surface area (Å²) in [6.45, 7) is 10.7. The molecule has 1 aliphatic carbocycles. The number of hydrogen-bond donors (Lipinski definition) is 0. The molecule has 0 N–H and O–H groups in total. The molecule has 1 aliphatic rings. The molecule has 0 spiro atoms. The van der Waals surface area contributed by atoms with E-state index >= 15 is 0 Å².